The molecule has 262 valence electrons. The summed E-state index contributed by atoms with van der Waals surface area (Å²) in [6, 6.07) is 68.8. The molecule has 2 aromatic heterocycles. The molecule has 5 heteroatoms. The average molecular weight is 733 g/mol. The highest BCUT2D eigenvalue weighted by Crippen LogP contribution is 2.52. The second-order valence-electron chi connectivity index (χ2n) is 14.0. The Bertz CT molecular complexity index is 3030. The van der Waals surface area contributed by atoms with Crippen LogP contribution in [0.15, 0.2) is 194 Å². The third-order valence-corrected chi connectivity index (χ3v) is 11.9. The Balaban J connectivity index is 1.13. The van der Waals surface area contributed by atoms with Crippen LogP contribution < -0.4 is 4.90 Å². The van der Waals surface area contributed by atoms with Crippen molar-refractivity contribution in [3.63, 3.8) is 0 Å². The van der Waals surface area contributed by atoms with Gasteiger partial charge in [-0.3, -0.25) is 0 Å². The van der Waals surface area contributed by atoms with Gasteiger partial charge in [-0.05, 0) is 70.8 Å². The first-order valence-corrected chi connectivity index (χ1v) is 19.6. The van der Waals surface area contributed by atoms with Crippen LogP contribution in [0.2, 0.25) is 0 Å². The van der Waals surface area contributed by atoms with E-state index in [1.807, 2.05) is 72.0 Å². The van der Waals surface area contributed by atoms with Crippen molar-refractivity contribution in [3.8, 4) is 67.5 Å². The molecule has 0 N–H and O–H groups in total. The Kier molecular flexibility index (Phi) is 7.64. The molecule has 11 rings (SSSR count). The first kappa shape index (κ1) is 32.2. The number of para-hydroxylation sites is 1. The van der Waals surface area contributed by atoms with E-state index in [1.165, 1.54) is 42.4 Å². The summed E-state index contributed by atoms with van der Waals surface area (Å²) in [5, 5.41) is 2.61. The van der Waals surface area contributed by atoms with Crippen LogP contribution in [0.1, 0.15) is 0 Å². The van der Waals surface area contributed by atoms with E-state index in [2.05, 4.69) is 138 Å². The van der Waals surface area contributed by atoms with Gasteiger partial charge in [-0.1, -0.05) is 146 Å². The second-order valence-corrected chi connectivity index (χ2v) is 15.1. The molecule has 1 aliphatic heterocycles. The zero-order valence-corrected chi connectivity index (χ0v) is 31.0. The van der Waals surface area contributed by atoms with Crippen LogP contribution in [0.25, 0.3) is 87.7 Å². The molecule has 0 atom stereocenters. The summed E-state index contributed by atoms with van der Waals surface area (Å²) in [7, 11) is 0. The molecule has 0 fully saturated rings. The van der Waals surface area contributed by atoms with E-state index in [1.54, 1.807) is 0 Å². The number of nitrogens with zero attached hydrogens (tertiary/aromatic N) is 4. The molecule has 0 radical (unpaired) electrons. The molecule has 0 amide bonds. The smallest absolute Gasteiger partial charge is 0.164 e. The molecule has 0 aliphatic carbocycles. The molecular weight excluding hydrogens is 701 g/mol. The van der Waals surface area contributed by atoms with Crippen molar-refractivity contribution in [1.82, 2.24) is 15.0 Å². The maximum absolute atomic E-state index is 5.10. The number of fused-ring (bicyclic) bond motifs is 8. The van der Waals surface area contributed by atoms with Gasteiger partial charge in [0.15, 0.2) is 17.5 Å². The number of hydrogen-bond donors (Lipinski definition) is 0. The molecular formula is C51H32N4S. The highest BCUT2D eigenvalue weighted by Gasteiger charge is 2.27. The molecule has 0 saturated carbocycles. The van der Waals surface area contributed by atoms with Crippen LogP contribution in [-0.2, 0) is 0 Å². The SMILES string of the molecule is c1ccc(-c2nc(-c3ccccc3)nc(-c3ccc4c(c3)-c3ccccc3-c3cc(-c5cccc6c5sc5ccccc56)ccc3N4c3ccccc3)n2)cc1. The number of benzene rings is 8. The third kappa shape index (κ3) is 5.40. The Morgan fingerprint density at radius 1 is 0.339 bits per heavy atom. The minimum atomic E-state index is 0.629. The zero-order valence-electron chi connectivity index (χ0n) is 30.2. The van der Waals surface area contributed by atoms with Gasteiger partial charge in [-0.15, -0.1) is 11.3 Å². The fraction of sp³-hybridized carbons (Fsp3) is 0. The van der Waals surface area contributed by atoms with Crippen molar-refractivity contribution in [2.45, 2.75) is 0 Å². The molecule has 8 aromatic carbocycles. The standard InChI is InChI=1S/C51H32N4S/c1-4-15-33(16-5-1)49-52-50(34-17-6-2-7-18-34)54-51(53-49)36-28-30-46-44(32-36)40-22-11-10-21-39(40)43-31-35(27-29-45(43)55(46)37-19-8-3-9-20-37)38-24-14-25-42-41-23-12-13-26-47(41)56-48(38)42/h1-32H. The van der Waals surface area contributed by atoms with Gasteiger partial charge in [-0.25, -0.2) is 15.0 Å². The van der Waals surface area contributed by atoms with Gasteiger partial charge >= 0.3 is 0 Å². The van der Waals surface area contributed by atoms with Gasteiger partial charge in [0.25, 0.3) is 0 Å². The van der Waals surface area contributed by atoms with Crippen LogP contribution in [0.4, 0.5) is 17.1 Å². The van der Waals surface area contributed by atoms with Crippen molar-refractivity contribution in [1.29, 1.82) is 0 Å². The van der Waals surface area contributed by atoms with Crippen LogP contribution in [0, 0.1) is 0 Å². The average Bonchev–Trinajstić information content (AvgIpc) is 3.61. The van der Waals surface area contributed by atoms with Crippen molar-refractivity contribution >= 4 is 48.6 Å². The van der Waals surface area contributed by atoms with Crippen molar-refractivity contribution < 1.29 is 0 Å². The minimum Gasteiger partial charge on any atom is -0.309 e. The largest absolute Gasteiger partial charge is 0.309 e. The van der Waals surface area contributed by atoms with Gasteiger partial charge in [0, 0.05) is 53.7 Å². The predicted molar refractivity (Wildman–Crippen MR) is 234 cm³/mol. The first-order chi connectivity index (χ1) is 27.8. The molecule has 0 saturated heterocycles. The molecule has 0 spiro atoms. The van der Waals surface area contributed by atoms with Crippen LogP contribution in [0.5, 0.6) is 0 Å². The number of aromatic nitrogens is 3. The molecule has 10 aromatic rings. The van der Waals surface area contributed by atoms with E-state index in [4.69, 9.17) is 15.0 Å². The molecule has 1 aliphatic rings. The van der Waals surface area contributed by atoms with Crippen molar-refractivity contribution in [2.24, 2.45) is 0 Å². The molecule has 0 unspecified atom stereocenters. The molecule has 0 bridgehead atoms. The number of thiophene rings is 1. The van der Waals surface area contributed by atoms with Crippen LogP contribution in [0.3, 0.4) is 0 Å². The minimum absolute atomic E-state index is 0.629. The number of rotatable bonds is 5. The molecule has 4 nitrogen and oxygen atoms in total. The number of hydrogen-bond acceptors (Lipinski definition) is 5. The van der Waals surface area contributed by atoms with Gasteiger partial charge in [0.1, 0.15) is 0 Å². The van der Waals surface area contributed by atoms with Crippen molar-refractivity contribution in [3.05, 3.63) is 194 Å². The summed E-state index contributed by atoms with van der Waals surface area (Å²) in [6.45, 7) is 0. The van der Waals surface area contributed by atoms with Crippen LogP contribution >= 0.6 is 11.3 Å². The van der Waals surface area contributed by atoms with Gasteiger partial charge < -0.3 is 4.90 Å². The lowest BCUT2D eigenvalue weighted by Gasteiger charge is -2.28. The van der Waals surface area contributed by atoms with E-state index >= 15 is 0 Å². The summed E-state index contributed by atoms with van der Waals surface area (Å²) in [5.41, 5.74) is 13.2. The summed E-state index contributed by atoms with van der Waals surface area (Å²) in [5.74, 6) is 1.92. The second kappa shape index (κ2) is 13.3. The fourth-order valence-corrected chi connectivity index (χ4v) is 9.29. The Morgan fingerprint density at radius 3 is 1.46 bits per heavy atom. The predicted octanol–water partition coefficient (Wildman–Crippen LogP) is 14.0. The normalized spacial score (nSPS) is 11.9. The van der Waals surface area contributed by atoms with Crippen molar-refractivity contribution in [2.75, 3.05) is 4.90 Å². The summed E-state index contributed by atoms with van der Waals surface area (Å²) in [4.78, 5) is 17.5. The monoisotopic (exact) mass is 732 g/mol. The lowest BCUT2D eigenvalue weighted by Crippen LogP contribution is -2.11. The Morgan fingerprint density at radius 2 is 0.821 bits per heavy atom. The van der Waals surface area contributed by atoms with Crippen LogP contribution in [-0.4, -0.2) is 15.0 Å². The van der Waals surface area contributed by atoms with Gasteiger partial charge in [0.2, 0.25) is 0 Å². The molecule has 3 heterocycles. The fourth-order valence-electron chi connectivity index (χ4n) is 8.05. The quantitative estimate of drug-likeness (QED) is 0.177. The van der Waals surface area contributed by atoms with E-state index < -0.39 is 0 Å². The summed E-state index contributed by atoms with van der Waals surface area (Å²) >= 11 is 1.87. The Labute approximate surface area is 328 Å². The highest BCUT2D eigenvalue weighted by atomic mass is 32.1. The maximum atomic E-state index is 5.10. The van der Waals surface area contributed by atoms with E-state index in [0.717, 1.165) is 44.9 Å². The Hall–Kier alpha value is -7.21. The van der Waals surface area contributed by atoms with E-state index in [-0.39, 0.29) is 0 Å². The van der Waals surface area contributed by atoms with Gasteiger partial charge in [-0.2, -0.15) is 0 Å². The lowest BCUT2D eigenvalue weighted by atomic mass is 9.91. The lowest BCUT2D eigenvalue weighted by molar-refractivity contribution is 1.07. The highest BCUT2D eigenvalue weighted by molar-refractivity contribution is 7.26. The summed E-state index contributed by atoms with van der Waals surface area (Å²) in [6.07, 6.45) is 0. The van der Waals surface area contributed by atoms with E-state index in [0.29, 0.717) is 17.5 Å². The zero-order chi connectivity index (χ0) is 37.0. The number of anilines is 3. The first-order valence-electron chi connectivity index (χ1n) is 18.8. The summed E-state index contributed by atoms with van der Waals surface area (Å²) < 4.78 is 2.62. The third-order valence-electron chi connectivity index (χ3n) is 10.7. The maximum Gasteiger partial charge on any atom is 0.164 e. The topological polar surface area (TPSA) is 41.9 Å². The molecule has 56 heavy (non-hydrogen) atoms. The van der Waals surface area contributed by atoms with Gasteiger partial charge in [0.05, 0.1) is 11.4 Å². The van der Waals surface area contributed by atoms with E-state index in [9.17, 15) is 0 Å².